The predicted octanol–water partition coefficient (Wildman–Crippen LogP) is 3.72. The Labute approximate surface area is 143 Å². The summed E-state index contributed by atoms with van der Waals surface area (Å²) in [7, 11) is 0. The van der Waals surface area contributed by atoms with E-state index < -0.39 is 52.4 Å². The molecule has 0 aromatic heterocycles. The molecule has 4 nitrogen and oxygen atoms in total. The fourth-order valence-electron chi connectivity index (χ4n) is 2.10. The number of hydrogen-bond acceptors (Lipinski definition) is 4. The van der Waals surface area contributed by atoms with E-state index in [9.17, 15) is 35.9 Å². The SMILES string of the molecule is CCOC(=O)C(C=NC1CC1)C(=O)c1cc(F)c(F)c(C(F)(F)F)c1F. The standard InChI is InChI=1S/C16H13F6NO3/c1-2-26-15(25)9(6-23-7-3-4-7)14(24)8-5-10(17)13(19)11(12(8)18)16(20,21)22/h5-7,9H,2-4H2,1H3. The average molecular weight is 381 g/mol. The lowest BCUT2D eigenvalue weighted by molar-refractivity contribution is -0.144. The number of carbonyl (C=O) groups is 2. The quantitative estimate of drug-likeness (QED) is 0.189. The number of nitrogens with zero attached hydrogens (tertiary/aromatic N) is 1. The molecule has 142 valence electrons. The monoisotopic (exact) mass is 381 g/mol. The highest BCUT2D eigenvalue weighted by Gasteiger charge is 2.42. The van der Waals surface area contributed by atoms with Crippen molar-refractivity contribution < 1.29 is 40.7 Å². The lowest BCUT2D eigenvalue weighted by Crippen LogP contribution is -2.29. The van der Waals surface area contributed by atoms with Crippen molar-refractivity contribution in [1.82, 2.24) is 0 Å². The molecule has 1 fully saturated rings. The number of halogens is 6. The van der Waals surface area contributed by atoms with Crippen LogP contribution in [-0.4, -0.2) is 30.6 Å². The van der Waals surface area contributed by atoms with Crippen LogP contribution in [0.5, 0.6) is 0 Å². The van der Waals surface area contributed by atoms with Gasteiger partial charge in [0.05, 0.1) is 12.2 Å². The number of aliphatic imine (C=N–C) groups is 1. The molecule has 2 rings (SSSR count). The van der Waals surface area contributed by atoms with Gasteiger partial charge in [-0.15, -0.1) is 0 Å². The summed E-state index contributed by atoms with van der Waals surface area (Å²) in [5.74, 6) is -11.4. The van der Waals surface area contributed by atoms with E-state index in [2.05, 4.69) is 9.73 Å². The highest BCUT2D eigenvalue weighted by atomic mass is 19.4. The minimum atomic E-state index is -5.58. The van der Waals surface area contributed by atoms with E-state index in [4.69, 9.17) is 0 Å². The smallest absolute Gasteiger partial charge is 0.422 e. The Morgan fingerprint density at radius 1 is 1.27 bits per heavy atom. The van der Waals surface area contributed by atoms with E-state index in [1.165, 1.54) is 6.92 Å². The first-order valence-electron chi connectivity index (χ1n) is 7.56. The van der Waals surface area contributed by atoms with Crippen molar-refractivity contribution in [3.8, 4) is 0 Å². The van der Waals surface area contributed by atoms with Gasteiger partial charge in [0.15, 0.2) is 23.3 Å². The molecule has 0 amide bonds. The van der Waals surface area contributed by atoms with Gasteiger partial charge in [-0.2, -0.15) is 13.2 Å². The summed E-state index contributed by atoms with van der Waals surface area (Å²) in [6.07, 6.45) is -3.35. The topological polar surface area (TPSA) is 55.7 Å². The maximum atomic E-state index is 14.1. The number of esters is 1. The third-order valence-corrected chi connectivity index (χ3v) is 3.52. The predicted molar refractivity (Wildman–Crippen MR) is 77.3 cm³/mol. The van der Waals surface area contributed by atoms with Crippen LogP contribution in [0.1, 0.15) is 35.7 Å². The Kier molecular flexibility index (Phi) is 5.72. The third kappa shape index (κ3) is 4.23. The lowest BCUT2D eigenvalue weighted by Gasteiger charge is -2.15. The van der Waals surface area contributed by atoms with Gasteiger partial charge in [0.25, 0.3) is 0 Å². The Bertz CT molecular complexity index is 755. The highest BCUT2D eigenvalue weighted by Crippen LogP contribution is 2.36. The van der Waals surface area contributed by atoms with Gasteiger partial charge in [-0.25, -0.2) is 13.2 Å². The molecule has 1 aromatic carbocycles. The van der Waals surface area contributed by atoms with Crippen LogP contribution in [0.15, 0.2) is 11.1 Å². The van der Waals surface area contributed by atoms with E-state index in [0.29, 0.717) is 12.8 Å². The summed E-state index contributed by atoms with van der Waals surface area (Å²) in [5.41, 5.74) is -3.95. The number of benzene rings is 1. The van der Waals surface area contributed by atoms with Crippen LogP contribution in [0, 0.1) is 23.4 Å². The van der Waals surface area contributed by atoms with Gasteiger partial charge in [0, 0.05) is 12.3 Å². The zero-order chi connectivity index (χ0) is 19.6. The Balaban J connectivity index is 2.51. The van der Waals surface area contributed by atoms with Crippen LogP contribution < -0.4 is 0 Å². The molecule has 1 aliphatic rings. The van der Waals surface area contributed by atoms with Gasteiger partial charge in [0.1, 0.15) is 11.4 Å². The van der Waals surface area contributed by atoms with Crippen molar-refractivity contribution in [3.63, 3.8) is 0 Å². The zero-order valence-corrected chi connectivity index (χ0v) is 13.4. The van der Waals surface area contributed by atoms with Crippen LogP contribution in [0.2, 0.25) is 0 Å². The first-order valence-corrected chi connectivity index (χ1v) is 7.56. The second-order valence-electron chi connectivity index (χ2n) is 5.53. The summed E-state index contributed by atoms with van der Waals surface area (Å²) >= 11 is 0. The molecular weight excluding hydrogens is 368 g/mol. The Hall–Kier alpha value is -2.39. The van der Waals surface area contributed by atoms with Crippen molar-refractivity contribution in [3.05, 3.63) is 34.6 Å². The number of hydrogen-bond donors (Lipinski definition) is 0. The van der Waals surface area contributed by atoms with E-state index in [0.717, 1.165) is 6.21 Å². The molecular formula is C16H13F6NO3. The van der Waals surface area contributed by atoms with Crippen LogP contribution in [-0.2, 0) is 15.7 Å². The first kappa shape index (κ1) is 19.9. The fourth-order valence-corrected chi connectivity index (χ4v) is 2.10. The van der Waals surface area contributed by atoms with Gasteiger partial charge in [-0.05, 0) is 25.8 Å². The Morgan fingerprint density at radius 3 is 2.38 bits per heavy atom. The maximum absolute atomic E-state index is 14.1. The molecule has 0 spiro atoms. The van der Waals surface area contributed by atoms with Crippen LogP contribution in [0.4, 0.5) is 26.3 Å². The largest absolute Gasteiger partial charge is 0.465 e. The van der Waals surface area contributed by atoms with Crippen molar-refractivity contribution in [2.24, 2.45) is 10.9 Å². The normalized spacial score (nSPS) is 16.0. The van der Waals surface area contributed by atoms with Crippen molar-refractivity contribution in [2.75, 3.05) is 6.61 Å². The summed E-state index contributed by atoms with van der Waals surface area (Å²) in [4.78, 5) is 28.1. The average Bonchev–Trinajstić information content (AvgIpc) is 3.34. The molecule has 0 saturated heterocycles. The molecule has 1 atom stereocenters. The van der Waals surface area contributed by atoms with Crippen LogP contribution in [0.25, 0.3) is 0 Å². The van der Waals surface area contributed by atoms with Gasteiger partial charge in [-0.1, -0.05) is 0 Å². The number of Topliss-reactive ketones (excluding diaryl/α,β-unsaturated/α-hetero) is 1. The number of ketones is 1. The molecule has 1 aromatic rings. The molecule has 26 heavy (non-hydrogen) atoms. The third-order valence-electron chi connectivity index (χ3n) is 3.52. The van der Waals surface area contributed by atoms with Crippen LogP contribution >= 0.6 is 0 Å². The molecule has 0 radical (unpaired) electrons. The Morgan fingerprint density at radius 2 is 1.88 bits per heavy atom. The molecule has 10 heteroatoms. The van der Waals surface area contributed by atoms with E-state index >= 15 is 0 Å². The summed E-state index contributed by atoms with van der Waals surface area (Å²) in [6.45, 7) is 1.26. The van der Waals surface area contributed by atoms with E-state index in [1.807, 2.05) is 0 Å². The number of carbonyl (C=O) groups excluding carboxylic acids is 2. The fraction of sp³-hybridized carbons (Fsp3) is 0.438. The second kappa shape index (κ2) is 7.46. The van der Waals surface area contributed by atoms with Gasteiger partial charge < -0.3 is 4.74 Å². The lowest BCUT2D eigenvalue weighted by atomic mass is 9.95. The minimum absolute atomic E-state index is 0.0145. The maximum Gasteiger partial charge on any atom is 0.422 e. The number of alkyl halides is 3. The summed E-state index contributed by atoms with van der Waals surface area (Å²) in [5, 5.41) is 0. The summed E-state index contributed by atoms with van der Waals surface area (Å²) in [6, 6.07) is -0.167. The molecule has 0 heterocycles. The van der Waals surface area contributed by atoms with Crippen molar-refractivity contribution in [2.45, 2.75) is 32.0 Å². The second-order valence-corrected chi connectivity index (χ2v) is 5.53. The molecule has 0 N–H and O–H groups in total. The van der Waals surface area contributed by atoms with Gasteiger partial charge in [-0.3, -0.25) is 14.6 Å². The molecule has 1 unspecified atom stereocenters. The van der Waals surface area contributed by atoms with Gasteiger partial charge >= 0.3 is 12.1 Å². The van der Waals surface area contributed by atoms with Crippen molar-refractivity contribution in [1.29, 1.82) is 0 Å². The summed E-state index contributed by atoms with van der Waals surface area (Å²) < 4.78 is 84.0. The molecule has 1 saturated carbocycles. The highest BCUT2D eigenvalue weighted by molar-refractivity contribution is 6.18. The molecule has 0 aliphatic heterocycles. The van der Waals surface area contributed by atoms with Gasteiger partial charge in [0.2, 0.25) is 0 Å². The zero-order valence-electron chi connectivity index (χ0n) is 13.4. The first-order chi connectivity index (χ1) is 12.1. The van der Waals surface area contributed by atoms with Crippen LogP contribution in [0.3, 0.4) is 0 Å². The number of ether oxygens (including phenoxy) is 1. The van der Waals surface area contributed by atoms with E-state index in [1.54, 1.807) is 0 Å². The number of rotatable bonds is 6. The van der Waals surface area contributed by atoms with E-state index in [-0.39, 0.29) is 18.7 Å². The molecule has 0 bridgehead atoms. The van der Waals surface area contributed by atoms with Crippen molar-refractivity contribution >= 4 is 18.0 Å². The minimum Gasteiger partial charge on any atom is -0.465 e. The molecule has 1 aliphatic carbocycles.